The number of alkyl halides is 3. The zero-order valence-electron chi connectivity index (χ0n) is 17.7. The van der Waals surface area contributed by atoms with Crippen molar-refractivity contribution in [3.63, 3.8) is 0 Å². The van der Waals surface area contributed by atoms with Crippen LogP contribution in [0.5, 0.6) is 5.75 Å². The molecule has 2 aliphatic rings. The maximum absolute atomic E-state index is 13.0. The van der Waals surface area contributed by atoms with E-state index in [0.717, 1.165) is 60.5 Å². The second-order valence-electron chi connectivity index (χ2n) is 8.29. The van der Waals surface area contributed by atoms with Crippen LogP contribution in [0.1, 0.15) is 33.5 Å². The van der Waals surface area contributed by atoms with E-state index in [4.69, 9.17) is 0 Å². The lowest BCUT2D eigenvalue weighted by atomic mass is 10.0. The minimum atomic E-state index is -4.72. The number of carbonyl (C=O) groups excluding carboxylic acids is 1. The Kier molecular flexibility index (Phi) is 5.83. The van der Waals surface area contributed by atoms with Crippen LogP contribution in [-0.2, 0) is 13.1 Å². The first kappa shape index (κ1) is 21.5. The zero-order chi connectivity index (χ0) is 22.2. The summed E-state index contributed by atoms with van der Waals surface area (Å²) in [7, 11) is 2.13. The minimum absolute atomic E-state index is 0.0368. The highest BCUT2D eigenvalue weighted by molar-refractivity contribution is 6.00. The number of likely N-dealkylation sites (N-methyl/N-ethyl adjacent to an activating group) is 1. The van der Waals surface area contributed by atoms with E-state index in [1.165, 1.54) is 12.1 Å². The third-order valence-corrected chi connectivity index (χ3v) is 5.88. The van der Waals surface area contributed by atoms with Gasteiger partial charge in [0.1, 0.15) is 5.75 Å². The fourth-order valence-corrected chi connectivity index (χ4v) is 4.34. The number of anilines is 1. The normalized spacial score (nSPS) is 17.6. The predicted octanol–water partition coefficient (Wildman–Crippen LogP) is 4.19. The Morgan fingerprint density at radius 3 is 2.48 bits per heavy atom. The average Bonchev–Trinajstić information content (AvgIpc) is 2.85. The minimum Gasteiger partial charge on any atom is -0.406 e. The summed E-state index contributed by atoms with van der Waals surface area (Å²) in [4.78, 5) is 19.4. The summed E-state index contributed by atoms with van der Waals surface area (Å²) in [6.45, 7) is 6.84. The molecule has 31 heavy (non-hydrogen) atoms. The van der Waals surface area contributed by atoms with Crippen LogP contribution in [0, 0.1) is 6.92 Å². The van der Waals surface area contributed by atoms with Crippen molar-refractivity contribution in [2.45, 2.75) is 32.8 Å². The highest BCUT2D eigenvalue weighted by Crippen LogP contribution is 2.32. The second kappa shape index (κ2) is 8.42. The lowest BCUT2D eigenvalue weighted by molar-refractivity contribution is -0.274. The van der Waals surface area contributed by atoms with Gasteiger partial charge in [0.15, 0.2) is 0 Å². The number of amides is 1. The van der Waals surface area contributed by atoms with Crippen molar-refractivity contribution in [1.29, 1.82) is 0 Å². The Bertz CT molecular complexity index is 960. The molecule has 0 saturated carbocycles. The molecule has 2 aliphatic heterocycles. The van der Waals surface area contributed by atoms with Crippen molar-refractivity contribution >= 4 is 11.6 Å². The number of aryl methyl sites for hydroxylation is 1. The van der Waals surface area contributed by atoms with E-state index in [1.807, 2.05) is 6.92 Å². The Hall–Kier alpha value is -2.74. The van der Waals surface area contributed by atoms with Gasteiger partial charge in [-0.05, 0) is 67.9 Å². The summed E-state index contributed by atoms with van der Waals surface area (Å²) in [6.07, 6.45) is -3.61. The molecule has 0 unspecified atom stereocenters. The first-order valence-electron chi connectivity index (χ1n) is 10.4. The summed E-state index contributed by atoms with van der Waals surface area (Å²) in [6, 6.07) is 9.87. The Morgan fingerprint density at radius 2 is 1.77 bits per heavy atom. The van der Waals surface area contributed by atoms with Gasteiger partial charge in [-0.1, -0.05) is 12.1 Å². The number of benzene rings is 2. The SMILES string of the molecule is Cc1cc(N2CCCN(C)CC2)cc2c1C(=O)N(Cc1ccc(OC(F)(F)F)cc1)C2. The van der Waals surface area contributed by atoms with Crippen molar-refractivity contribution in [1.82, 2.24) is 9.80 Å². The second-order valence-corrected chi connectivity index (χ2v) is 8.29. The van der Waals surface area contributed by atoms with Crippen molar-refractivity contribution in [2.24, 2.45) is 0 Å². The number of halogens is 3. The van der Waals surface area contributed by atoms with Crippen LogP contribution < -0.4 is 9.64 Å². The van der Waals surface area contributed by atoms with Crippen LogP contribution in [-0.4, -0.2) is 55.3 Å². The highest BCUT2D eigenvalue weighted by Gasteiger charge is 2.32. The van der Waals surface area contributed by atoms with E-state index < -0.39 is 6.36 Å². The van der Waals surface area contributed by atoms with E-state index in [-0.39, 0.29) is 11.7 Å². The zero-order valence-corrected chi connectivity index (χ0v) is 17.7. The molecule has 0 N–H and O–H groups in total. The fourth-order valence-electron chi connectivity index (χ4n) is 4.34. The van der Waals surface area contributed by atoms with E-state index in [0.29, 0.717) is 13.1 Å². The van der Waals surface area contributed by atoms with Crippen LogP contribution in [0.4, 0.5) is 18.9 Å². The van der Waals surface area contributed by atoms with Gasteiger partial charge < -0.3 is 19.4 Å². The highest BCUT2D eigenvalue weighted by atomic mass is 19.4. The molecule has 166 valence electrons. The molecule has 0 aromatic heterocycles. The van der Waals surface area contributed by atoms with Crippen LogP contribution in [0.2, 0.25) is 0 Å². The van der Waals surface area contributed by atoms with Gasteiger partial charge in [0, 0.05) is 44.0 Å². The van der Waals surface area contributed by atoms with Crippen LogP contribution in [0.25, 0.3) is 0 Å². The summed E-state index contributed by atoms with van der Waals surface area (Å²) < 4.78 is 40.9. The molecule has 8 heteroatoms. The van der Waals surface area contributed by atoms with Gasteiger partial charge in [0.25, 0.3) is 5.91 Å². The van der Waals surface area contributed by atoms with Gasteiger partial charge in [-0.2, -0.15) is 0 Å². The molecular weight excluding hydrogens is 407 g/mol. The maximum Gasteiger partial charge on any atom is 0.573 e. The number of nitrogens with zero attached hydrogens (tertiary/aromatic N) is 3. The predicted molar refractivity (Wildman–Crippen MR) is 112 cm³/mol. The van der Waals surface area contributed by atoms with E-state index in [1.54, 1.807) is 17.0 Å². The molecule has 0 atom stereocenters. The first-order valence-corrected chi connectivity index (χ1v) is 10.4. The molecule has 1 saturated heterocycles. The summed E-state index contributed by atoms with van der Waals surface area (Å²) >= 11 is 0. The lowest BCUT2D eigenvalue weighted by Crippen LogP contribution is -2.28. The van der Waals surface area contributed by atoms with Gasteiger partial charge in [0.2, 0.25) is 0 Å². The molecule has 1 amide bonds. The molecule has 2 heterocycles. The number of ether oxygens (including phenoxy) is 1. The van der Waals surface area contributed by atoms with E-state index >= 15 is 0 Å². The smallest absolute Gasteiger partial charge is 0.406 e. The van der Waals surface area contributed by atoms with Crippen LogP contribution in [0.15, 0.2) is 36.4 Å². The quantitative estimate of drug-likeness (QED) is 0.725. The van der Waals surface area contributed by atoms with Crippen molar-refractivity contribution in [3.05, 3.63) is 58.7 Å². The molecular formula is C23H26F3N3O2. The average molecular weight is 433 g/mol. The third-order valence-electron chi connectivity index (χ3n) is 5.88. The van der Waals surface area contributed by atoms with Crippen molar-refractivity contribution < 1.29 is 22.7 Å². The molecule has 5 nitrogen and oxygen atoms in total. The van der Waals surface area contributed by atoms with Gasteiger partial charge in [-0.15, -0.1) is 13.2 Å². The van der Waals surface area contributed by atoms with Crippen molar-refractivity contribution in [3.8, 4) is 5.75 Å². The molecule has 0 aliphatic carbocycles. The third kappa shape index (κ3) is 4.95. The topological polar surface area (TPSA) is 36.0 Å². The Morgan fingerprint density at radius 1 is 1.03 bits per heavy atom. The summed E-state index contributed by atoms with van der Waals surface area (Å²) in [5.74, 6) is -0.305. The number of carbonyl (C=O) groups is 1. The Balaban J connectivity index is 1.48. The van der Waals surface area contributed by atoms with Crippen LogP contribution >= 0.6 is 0 Å². The van der Waals surface area contributed by atoms with Crippen molar-refractivity contribution in [2.75, 3.05) is 38.1 Å². The number of hydrogen-bond donors (Lipinski definition) is 0. The van der Waals surface area contributed by atoms with E-state index in [2.05, 4.69) is 33.7 Å². The molecule has 0 radical (unpaired) electrons. The Labute approximate surface area is 180 Å². The van der Waals surface area contributed by atoms with Gasteiger partial charge in [-0.25, -0.2) is 0 Å². The summed E-state index contributed by atoms with van der Waals surface area (Å²) in [5.41, 5.74) is 4.62. The molecule has 2 aromatic carbocycles. The summed E-state index contributed by atoms with van der Waals surface area (Å²) in [5, 5.41) is 0. The standard InChI is InChI=1S/C23H26F3N3O2/c1-16-12-19(28-9-3-8-27(2)10-11-28)13-18-15-29(22(30)21(16)18)14-17-4-6-20(7-5-17)31-23(24,25)26/h4-7,12-13H,3,8-11,14-15H2,1-2H3. The van der Waals surface area contributed by atoms with E-state index in [9.17, 15) is 18.0 Å². The maximum atomic E-state index is 13.0. The number of fused-ring (bicyclic) bond motifs is 1. The molecule has 4 rings (SSSR count). The molecule has 1 fully saturated rings. The van der Waals surface area contributed by atoms with Gasteiger partial charge >= 0.3 is 6.36 Å². The molecule has 0 spiro atoms. The first-order chi connectivity index (χ1) is 14.7. The lowest BCUT2D eigenvalue weighted by Gasteiger charge is -2.24. The largest absolute Gasteiger partial charge is 0.573 e. The fraction of sp³-hybridized carbons (Fsp3) is 0.435. The van der Waals surface area contributed by atoms with Gasteiger partial charge in [-0.3, -0.25) is 4.79 Å². The monoisotopic (exact) mass is 433 g/mol. The number of hydrogen-bond acceptors (Lipinski definition) is 4. The molecule has 0 bridgehead atoms. The van der Waals surface area contributed by atoms with Crippen LogP contribution in [0.3, 0.4) is 0 Å². The van der Waals surface area contributed by atoms with Gasteiger partial charge in [0.05, 0.1) is 0 Å². The number of rotatable bonds is 4. The molecule has 2 aromatic rings.